The largest absolute Gasteiger partial charge is 0.352 e. The van der Waals surface area contributed by atoms with E-state index in [2.05, 4.69) is 5.32 Å². The van der Waals surface area contributed by atoms with Crippen molar-refractivity contribution in [1.82, 2.24) is 5.32 Å². The minimum Gasteiger partial charge on any atom is -0.352 e. The summed E-state index contributed by atoms with van der Waals surface area (Å²) in [5.41, 5.74) is 1.85. The van der Waals surface area contributed by atoms with Crippen LogP contribution in [0.5, 0.6) is 0 Å². The van der Waals surface area contributed by atoms with E-state index in [0.717, 1.165) is 5.56 Å². The van der Waals surface area contributed by atoms with Crippen molar-refractivity contribution in [1.29, 1.82) is 0 Å². The number of nitrogens with one attached hydrogen (secondary N) is 1. The second kappa shape index (κ2) is 6.89. The van der Waals surface area contributed by atoms with Crippen LogP contribution in [0.2, 0.25) is 0 Å². The molecule has 1 amide bonds. The van der Waals surface area contributed by atoms with E-state index < -0.39 is 15.8 Å². The highest BCUT2D eigenvalue weighted by atomic mass is 32.2. The minimum absolute atomic E-state index is 0.0423. The van der Waals surface area contributed by atoms with Gasteiger partial charge in [-0.1, -0.05) is 18.2 Å². The third-order valence-corrected chi connectivity index (χ3v) is 4.32. The van der Waals surface area contributed by atoms with E-state index in [0.29, 0.717) is 24.1 Å². The van der Waals surface area contributed by atoms with Crippen LogP contribution >= 0.6 is 0 Å². The summed E-state index contributed by atoms with van der Waals surface area (Å²) in [7, 11) is -3.70. The number of nitrogens with two attached hydrogens (primary N) is 1. The number of rotatable bonds is 5. The monoisotopic (exact) mass is 336 g/mol. The van der Waals surface area contributed by atoms with E-state index >= 15 is 0 Å². The average molecular weight is 336 g/mol. The van der Waals surface area contributed by atoms with Gasteiger partial charge in [0.05, 0.1) is 4.90 Å². The standard InChI is InChI=1S/C16H17FN2O3S/c1-11-2-5-13(17)10-15(11)16(20)19-9-8-12-3-6-14(7-4-12)23(18,21)22/h2-7,10H,8-9H2,1H3,(H,19,20)(H2,18,21,22). The van der Waals surface area contributed by atoms with Gasteiger partial charge in [0.15, 0.2) is 0 Å². The number of benzene rings is 2. The van der Waals surface area contributed by atoms with E-state index in [1.165, 1.54) is 24.3 Å². The van der Waals surface area contributed by atoms with Crippen LogP contribution in [-0.2, 0) is 16.4 Å². The summed E-state index contributed by atoms with van der Waals surface area (Å²) in [4.78, 5) is 12.1. The van der Waals surface area contributed by atoms with Gasteiger partial charge in [-0.05, 0) is 48.7 Å². The zero-order valence-corrected chi connectivity index (χ0v) is 13.4. The molecule has 0 aliphatic heterocycles. The number of primary sulfonamides is 1. The maximum absolute atomic E-state index is 13.2. The third kappa shape index (κ3) is 4.61. The molecular formula is C16H17FN2O3S. The first kappa shape index (κ1) is 17.1. The number of sulfonamides is 1. The highest BCUT2D eigenvalue weighted by Gasteiger charge is 2.10. The second-order valence-electron chi connectivity index (χ2n) is 5.15. The number of carbonyl (C=O) groups excluding carboxylic acids is 1. The Bertz CT molecular complexity index is 818. The van der Waals surface area contributed by atoms with E-state index in [1.54, 1.807) is 25.1 Å². The fourth-order valence-corrected chi connectivity index (χ4v) is 2.62. The Kier molecular flexibility index (Phi) is 5.12. The molecule has 23 heavy (non-hydrogen) atoms. The zero-order chi connectivity index (χ0) is 17.0. The normalized spacial score (nSPS) is 11.3. The lowest BCUT2D eigenvalue weighted by atomic mass is 10.1. The Morgan fingerprint density at radius 1 is 1.17 bits per heavy atom. The molecule has 0 aliphatic carbocycles. The number of halogens is 1. The SMILES string of the molecule is Cc1ccc(F)cc1C(=O)NCCc1ccc(S(N)(=O)=O)cc1. The van der Waals surface area contributed by atoms with Crippen molar-refractivity contribution < 1.29 is 17.6 Å². The molecule has 3 N–H and O–H groups in total. The van der Waals surface area contributed by atoms with E-state index in [-0.39, 0.29) is 10.8 Å². The van der Waals surface area contributed by atoms with Crippen molar-refractivity contribution in [2.45, 2.75) is 18.2 Å². The molecule has 0 unspecified atom stereocenters. The van der Waals surface area contributed by atoms with E-state index in [9.17, 15) is 17.6 Å². The molecule has 0 bridgehead atoms. The van der Waals surface area contributed by atoms with Crippen LogP contribution in [0.4, 0.5) is 4.39 Å². The van der Waals surface area contributed by atoms with Crippen LogP contribution in [0, 0.1) is 12.7 Å². The fraction of sp³-hybridized carbons (Fsp3) is 0.188. The maximum Gasteiger partial charge on any atom is 0.251 e. The zero-order valence-electron chi connectivity index (χ0n) is 12.5. The van der Waals surface area contributed by atoms with Crippen molar-refractivity contribution in [2.24, 2.45) is 5.14 Å². The smallest absolute Gasteiger partial charge is 0.251 e. The van der Waals surface area contributed by atoms with Crippen LogP contribution in [0.3, 0.4) is 0 Å². The predicted octanol–water partition coefficient (Wildman–Crippen LogP) is 1.75. The Hall–Kier alpha value is -2.25. The summed E-state index contributed by atoms with van der Waals surface area (Å²) in [5.74, 6) is -0.803. The second-order valence-corrected chi connectivity index (χ2v) is 6.72. The summed E-state index contributed by atoms with van der Waals surface area (Å²) in [5, 5.41) is 7.73. The predicted molar refractivity (Wildman–Crippen MR) is 85.0 cm³/mol. The van der Waals surface area contributed by atoms with Gasteiger partial charge < -0.3 is 5.32 Å². The average Bonchev–Trinajstić information content (AvgIpc) is 2.49. The summed E-state index contributed by atoms with van der Waals surface area (Å²) in [6, 6.07) is 10.2. The Morgan fingerprint density at radius 3 is 2.43 bits per heavy atom. The molecule has 2 aromatic carbocycles. The van der Waals surface area contributed by atoms with Gasteiger partial charge in [0, 0.05) is 12.1 Å². The number of amides is 1. The van der Waals surface area contributed by atoms with Gasteiger partial charge in [-0.25, -0.2) is 17.9 Å². The molecule has 7 heteroatoms. The Morgan fingerprint density at radius 2 is 1.83 bits per heavy atom. The number of hydrogen-bond acceptors (Lipinski definition) is 3. The molecule has 0 fully saturated rings. The lowest BCUT2D eigenvalue weighted by Crippen LogP contribution is -2.26. The van der Waals surface area contributed by atoms with Crippen LogP contribution in [0.25, 0.3) is 0 Å². The van der Waals surface area contributed by atoms with Crippen molar-refractivity contribution in [3.05, 3.63) is 65.0 Å². The first-order chi connectivity index (χ1) is 10.8. The summed E-state index contributed by atoms with van der Waals surface area (Å²) in [6.45, 7) is 2.09. The van der Waals surface area contributed by atoms with Crippen molar-refractivity contribution >= 4 is 15.9 Å². The molecular weight excluding hydrogens is 319 g/mol. The topological polar surface area (TPSA) is 89.3 Å². The molecule has 0 heterocycles. The molecule has 0 atom stereocenters. The van der Waals surface area contributed by atoms with Crippen LogP contribution in [0.15, 0.2) is 47.4 Å². The third-order valence-electron chi connectivity index (χ3n) is 3.40. The molecule has 2 rings (SSSR count). The van der Waals surface area contributed by atoms with Gasteiger partial charge in [0.2, 0.25) is 10.0 Å². The molecule has 0 saturated heterocycles. The van der Waals surface area contributed by atoms with Gasteiger partial charge in [-0.3, -0.25) is 4.79 Å². The Balaban J connectivity index is 1.94. The van der Waals surface area contributed by atoms with Gasteiger partial charge in [-0.2, -0.15) is 0 Å². The molecule has 0 radical (unpaired) electrons. The number of hydrogen-bond donors (Lipinski definition) is 2. The van der Waals surface area contributed by atoms with Crippen LogP contribution < -0.4 is 10.5 Å². The lowest BCUT2D eigenvalue weighted by Gasteiger charge is -2.08. The molecule has 0 spiro atoms. The highest BCUT2D eigenvalue weighted by molar-refractivity contribution is 7.89. The summed E-state index contributed by atoms with van der Waals surface area (Å²) >= 11 is 0. The van der Waals surface area contributed by atoms with E-state index in [4.69, 9.17) is 5.14 Å². The van der Waals surface area contributed by atoms with E-state index in [1.807, 2.05) is 0 Å². The molecule has 0 aliphatic rings. The van der Waals surface area contributed by atoms with Crippen LogP contribution in [-0.4, -0.2) is 20.9 Å². The van der Waals surface area contributed by atoms with Gasteiger partial charge in [0.1, 0.15) is 5.82 Å². The molecule has 0 saturated carbocycles. The Labute approximate surface area is 134 Å². The maximum atomic E-state index is 13.2. The highest BCUT2D eigenvalue weighted by Crippen LogP contribution is 2.11. The van der Waals surface area contributed by atoms with Gasteiger partial charge in [0.25, 0.3) is 5.91 Å². The number of aryl methyl sites for hydroxylation is 1. The summed E-state index contributed by atoms with van der Waals surface area (Å²) in [6.07, 6.45) is 0.519. The van der Waals surface area contributed by atoms with Crippen molar-refractivity contribution in [2.75, 3.05) is 6.54 Å². The van der Waals surface area contributed by atoms with Gasteiger partial charge >= 0.3 is 0 Å². The fourth-order valence-electron chi connectivity index (χ4n) is 2.10. The van der Waals surface area contributed by atoms with Crippen molar-refractivity contribution in [3.8, 4) is 0 Å². The van der Waals surface area contributed by atoms with Crippen molar-refractivity contribution in [3.63, 3.8) is 0 Å². The minimum atomic E-state index is -3.70. The first-order valence-electron chi connectivity index (χ1n) is 6.93. The number of carbonyl (C=O) groups is 1. The summed E-state index contributed by atoms with van der Waals surface area (Å²) < 4.78 is 35.5. The quantitative estimate of drug-likeness (QED) is 0.872. The molecule has 5 nitrogen and oxygen atoms in total. The molecule has 2 aromatic rings. The van der Waals surface area contributed by atoms with Gasteiger partial charge in [-0.15, -0.1) is 0 Å². The lowest BCUT2D eigenvalue weighted by molar-refractivity contribution is 0.0953. The first-order valence-corrected chi connectivity index (χ1v) is 8.48. The molecule has 122 valence electrons. The molecule has 0 aromatic heterocycles. The van der Waals surface area contributed by atoms with Crippen LogP contribution in [0.1, 0.15) is 21.5 Å².